The molecule has 2 atom stereocenters. The summed E-state index contributed by atoms with van der Waals surface area (Å²) in [6.45, 7) is 3.25. The number of amides is 1. The lowest BCUT2D eigenvalue weighted by molar-refractivity contribution is -0.120. The van der Waals surface area contributed by atoms with E-state index in [1.165, 1.54) is 0 Å². The Morgan fingerprint density at radius 2 is 1.95 bits per heavy atom. The highest BCUT2D eigenvalue weighted by Crippen LogP contribution is 2.22. The lowest BCUT2D eigenvalue weighted by Gasteiger charge is -2.18. The molecule has 4 nitrogen and oxygen atoms in total. The second-order valence-corrected chi connectivity index (χ2v) is 4.94. The molecule has 1 fully saturated rings. The minimum Gasteiger partial charge on any atom is -0.379 e. The van der Waals surface area contributed by atoms with Crippen LogP contribution in [0.15, 0.2) is 12.1 Å². The molecule has 0 saturated carbocycles. The van der Waals surface area contributed by atoms with Gasteiger partial charge in [0, 0.05) is 18.2 Å². The Morgan fingerprint density at radius 1 is 1.29 bits per heavy atom. The molecule has 7 heteroatoms. The first-order chi connectivity index (χ1) is 10.0. The van der Waals surface area contributed by atoms with Crippen molar-refractivity contribution < 1.29 is 22.7 Å². The maximum Gasteiger partial charge on any atom is 0.231 e. The molecule has 0 bridgehead atoms. The monoisotopic (exact) mass is 302 g/mol. The van der Waals surface area contributed by atoms with E-state index in [1.54, 1.807) is 0 Å². The molecule has 1 saturated heterocycles. The van der Waals surface area contributed by atoms with Gasteiger partial charge in [-0.05, 0) is 13.0 Å². The van der Waals surface area contributed by atoms with E-state index < -0.39 is 35.0 Å². The molecule has 0 aliphatic carbocycles. The van der Waals surface area contributed by atoms with Crippen LogP contribution in [0.1, 0.15) is 13.3 Å². The summed E-state index contributed by atoms with van der Waals surface area (Å²) in [6.07, 6.45) is 0.895. The molecule has 1 aromatic rings. The van der Waals surface area contributed by atoms with Crippen LogP contribution in [0.3, 0.4) is 0 Å². The molecule has 0 spiro atoms. The lowest BCUT2D eigenvalue weighted by atomic mass is 10.0. The van der Waals surface area contributed by atoms with Gasteiger partial charge >= 0.3 is 0 Å². The van der Waals surface area contributed by atoms with Crippen molar-refractivity contribution in [3.8, 4) is 0 Å². The van der Waals surface area contributed by atoms with Crippen molar-refractivity contribution in [2.75, 3.05) is 25.1 Å². The van der Waals surface area contributed by atoms with Crippen LogP contribution in [-0.2, 0) is 9.53 Å². The summed E-state index contributed by atoms with van der Waals surface area (Å²) in [6, 6.07) is 0.851. The summed E-state index contributed by atoms with van der Waals surface area (Å²) in [5.41, 5.74) is -0.637. The van der Waals surface area contributed by atoms with Gasteiger partial charge in [0.25, 0.3) is 0 Å². The van der Waals surface area contributed by atoms with Crippen LogP contribution in [0.4, 0.5) is 18.9 Å². The summed E-state index contributed by atoms with van der Waals surface area (Å²) in [7, 11) is 0. The van der Waals surface area contributed by atoms with Gasteiger partial charge in [-0.3, -0.25) is 4.79 Å². The molecule has 2 N–H and O–H groups in total. The first kappa shape index (κ1) is 15.8. The standard InChI is InChI=1S/C14H17F3N2O2/c1-2-3-18-12-7-21-6-9(12)14(20)19-13-10(16)4-8(15)5-11(13)17/h4-5,9,12,18H,2-3,6-7H2,1H3,(H,19,20). The zero-order valence-electron chi connectivity index (χ0n) is 11.6. The molecular formula is C14H17F3N2O2. The smallest absolute Gasteiger partial charge is 0.231 e. The number of carbonyl (C=O) groups excluding carboxylic acids is 1. The van der Waals surface area contributed by atoms with E-state index >= 15 is 0 Å². The molecule has 2 unspecified atom stereocenters. The van der Waals surface area contributed by atoms with Crippen LogP contribution in [-0.4, -0.2) is 31.7 Å². The van der Waals surface area contributed by atoms with Gasteiger partial charge in [0.05, 0.1) is 19.1 Å². The highest BCUT2D eigenvalue weighted by atomic mass is 19.1. The van der Waals surface area contributed by atoms with E-state index in [4.69, 9.17) is 4.74 Å². The van der Waals surface area contributed by atoms with Gasteiger partial charge < -0.3 is 15.4 Å². The van der Waals surface area contributed by atoms with Gasteiger partial charge in [0.15, 0.2) is 11.6 Å². The van der Waals surface area contributed by atoms with E-state index in [1.807, 2.05) is 6.92 Å². The van der Waals surface area contributed by atoms with Crippen molar-refractivity contribution in [2.24, 2.45) is 5.92 Å². The van der Waals surface area contributed by atoms with Crippen LogP contribution >= 0.6 is 0 Å². The molecule has 1 aliphatic rings. The molecule has 2 rings (SSSR count). The Labute approximate surface area is 120 Å². The molecule has 1 amide bonds. The van der Waals surface area contributed by atoms with Crippen molar-refractivity contribution >= 4 is 11.6 Å². The molecular weight excluding hydrogens is 285 g/mol. The average molecular weight is 302 g/mol. The average Bonchev–Trinajstić information content (AvgIpc) is 2.88. The number of carbonyl (C=O) groups is 1. The van der Waals surface area contributed by atoms with Crippen LogP contribution in [0.25, 0.3) is 0 Å². The van der Waals surface area contributed by atoms with Crippen molar-refractivity contribution in [2.45, 2.75) is 19.4 Å². The zero-order chi connectivity index (χ0) is 15.4. The van der Waals surface area contributed by atoms with E-state index in [2.05, 4.69) is 10.6 Å². The number of anilines is 1. The SMILES string of the molecule is CCCNC1COCC1C(=O)Nc1c(F)cc(F)cc1F. The first-order valence-corrected chi connectivity index (χ1v) is 6.79. The first-order valence-electron chi connectivity index (χ1n) is 6.79. The summed E-state index contributed by atoms with van der Waals surface area (Å²) < 4.78 is 45.1. The fourth-order valence-electron chi connectivity index (χ4n) is 2.22. The summed E-state index contributed by atoms with van der Waals surface area (Å²) in [5, 5.41) is 5.33. The van der Waals surface area contributed by atoms with Gasteiger partial charge in [-0.15, -0.1) is 0 Å². The normalized spacial score (nSPS) is 21.5. The third-order valence-corrected chi connectivity index (χ3v) is 3.33. The number of rotatable bonds is 5. The topological polar surface area (TPSA) is 50.4 Å². The molecule has 0 aromatic heterocycles. The maximum atomic E-state index is 13.5. The second-order valence-electron chi connectivity index (χ2n) is 4.94. The Bertz CT molecular complexity index is 502. The number of ether oxygens (including phenoxy) is 1. The van der Waals surface area contributed by atoms with Gasteiger partial charge in [-0.25, -0.2) is 13.2 Å². The maximum absolute atomic E-state index is 13.5. The predicted molar refractivity (Wildman–Crippen MR) is 71.3 cm³/mol. The van der Waals surface area contributed by atoms with Crippen LogP contribution < -0.4 is 10.6 Å². The molecule has 116 valence electrons. The third kappa shape index (κ3) is 3.74. The third-order valence-electron chi connectivity index (χ3n) is 3.33. The predicted octanol–water partition coefficient (Wildman–Crippen LogP) is 2.06. The Hall–Kier alpha value is -1.60. The molecule has 0 radical (unpaired) electrons. The largest absolute Gasteiger partial charge is 0.379 e. The number of halogens is 3. The van der Waals surface area contributed by atoms with Crippen molar-refractivity contribution in [1.82, 2.24) is 5.32 Å². The molecule has 21 heavy (non-hydrogen) atoms. The highest BCUT2D eigenvalue weighted by Gasteiger charge is 2.34. The van der Waals surface area contributed by atoms with Gasteiger partial charge in [-0.2, -0.15) is 0 Å². The number of nitrogens with one attached hydrogen (secondary N) is 2. The van der Waals surface area contributed by atoms with Crippen LogP contribution in [0, 0.1) is 23.4 Å². The zero-order valence-corrected chi connectivity index (χ0v) is 11.6. The minimum atomic E-state index is -1.14. The van der Waals surface area contributed by atoms with Crippen molar-refractivity contribution in [3.63, 3.8) is 0 Å². The Kier molecular flexibility index (Phi) is 5.19. The summed E-state index contributed by atoms with van der Waals surface area (Å²) in [5.74, 6) is -4.41. The van der Waals surface area contributed by atoms with Crippen LogP contribution in [0.5, 0.6) is 0 Å². The molecule has 1 aromatic carbocycles. The highest BCUT2D eigenvalue weighted by molar-refractivity contribution is 5.93. The summed E-state index contributed by atoms with van der Waals surface area (Å²) in [4.78, 5) is 12.1. The number of benzene rings is 1. The van der Waals surface area contributed by atoms with E-state index in [-0.39, 0.29) is 12.6 Å². The van der Waals surface area contributed by atoms with Crippen molar-refractivity contribution in [3.05, 3.63) is 29.6 Å². The molecule has 1 aliphatic heterocycles. The van der Waals surface area contributed by atoms with Gasteiger partial charge in [0.1, 0.15) is 11.5 Å². The van der Waals surface area contributed by atoms with E-state index in [0.29, 0.717) is 18.7 Å². The molecule has 1 heterocycles. The number of hydrogen-bond acceptors (Lipinski definition) is 3. The summed E-state index contributed by atoms with van der Waals surface area (Å²) >= 11 is 0. The quantitative estimate of drug-likeness (QED) is 0.875. The van der Waals surface area contributed by atoms with E-state index in [9.17, 15) is 18.0 Å². The van der Waals surface area contributed by atoms with Crippen LogP contribution in [0.2, 0.25) is 0 Å². The second kappa shape index (κ2) is 6.91. The number of hydrogen-bond donors (Lipinski definition) is 2. The fourth-order valence-corrected chi connectivity index (χ4v) is 2.22. The van der Waals surface area contributed by atoms with Crippen molar-refractivity contribution in [1.29, 1.82) is 0 Å². The lowest BCUT2D eigenvalue weighted by Crippen LogP contribution is -2.42. The Balaban J connectivity index is 2.07. The van der Waals surface area contributed by atoms with Gasteiger partial charge in [-0.1, -0.05) is 6.92 Å². The Morgan fingerprint density at radius 3 is 2.57 bits per heavy atom. The minimum absolute atomic E-state index is 0.178. The van der Waals surface area contributed by atoms with Gasteiger partial charge in [0.2, 0.25) is 5.91 Å². The fraction of sp³-hybridized carbons (Fsp3) is 0.500. The van der Waals surface area contributed by atoms with E-state index in [0.717, 1.165) is 13.0 Å².